The first kappa shape index (κ1) is 10.5. The number of hydrogen-bond acceptors (Lipinski definition) is 4. The van der Waals surface area contributed by atoms with Crippen LogP contribution in [0.15, 0.2) is 0 Å². The molecule has 12 heavy (non-hydrogen) atoms. The van der Waals surface area contributed by atoms with Crippen molar-refractivity contribution in [2.24, 2.45) is 17.4 Å². The Kier molecular flexibility index (Phi) is 3.89. The maximum Gasteiger partial charge on any atom is 0.407 e. The van der Waals surface area contributed by atoms with E-state index in [2.05, 4.69) is 9.47 Å². The van der Waals surface area contributed by atoms with E-state index in [-0.39, 0.29) is 5.92 Å². The Balaban J connectivity index is 4.04. The lowest BCUT2D eigenvalue weighted by Gasteiger charge is -2.18. The fourth-order valence-electron chi connectivity index (χ4n) is 0.525. The lowest BCUT2D eigenvalue weighted by molar-refractivity contribution is -0.0826. The maximum atomic E-state index is 10.3. The highest BCUT2D eigenvalue weighted by atomic mass is 16.7. The Morgan fingerprint density at radius 1 is 1.08 bits per heavy atom. The number of nitrogens with two attached hydrogens (primary N) is 2. The second-order valence-corrected chi connectivity index (χ2v) is 2.49. The minimum absolute atomic E-state index is 0.190. The molecule has 6 nitrogen and oxygen atoms in total. The second-order valence-electron chi connectivity index (χ2n) is 2.49. The van der Waals surface area contributed by atoms with Gasteiger partial charge in [0.2, 0.25) is 0 Å². The molecule has 0 unspecified atom stereocenters. The lowest BCUT2D eigenvalue weighted by atomic mass is 10.2. The summed E-state index contributed by atoms with van der Waals surface area (Å²) in [6.07, 6.45) is -3.02. The summed E-state index contributed by atoms with van der Waals surface area (Å²) in [5.74, 6) is -0.190. The molecule has 0 saturated heterocycles. The molecule has 0 aromatic rings. The topological polar surface area (TPSA) is 105 Å². The van der Waals surface area contributed by atoms with Crippen LogP contribution >= 0.6 is 0 Å². The molecule has 0 aliphatic carbocycles. The quantitative estimate of drug-likeness (QED) is 0.597. The van der Waals surface area contributed by atoms with Crippen LogP contribution < -0.4 is 11.5 Å². The van der Waals surface area contributed by atoms with E-state index >= 15 is 0 Å². The van der Waals surface area contributed by atoms with E-state index in [1.165, 1.54) is 0 Å². The van der Waals surface area contributed by atoms with Crippen LogP contribution in [0.2, 0.25) is 0 Å². The number of carbonyl (C=O) groups excluding carboxylic acids is 2. The van der Waals surface area contributed by atoms with E-state index in [4.69, 9.17) is 11.5 Å². The molecule has 0 aromatic heterocycles. The Morgan fingerprint density at radius 3 is 1.58 bits per heavy atom. The molecular weight excluding hydrogens is 164 g/mol. The van der Waals surface area contributed by atoms with Gasteiger partial charge in [0.15, 0.2) is 0 Å². The van der Waals surface area contributed by atoms with E-state index in [0.717, 1.165) is 0 Å². The van der Waals surface area contributed by atoms with Gasteiger partial charge in [-0.1, -0.05) is 13.8 Å². The van der Waals surface area contributed by atoms with Crippen LogP contribution in [0, 0.1) is 5.92 Å². The largest absolute Gasteiger partial charge is 0.409 e. The smallest absolute Gasteiger partial charge is 0.407 e. The van der Waals surface area contributed by atoms with Gasteiger partial charge < -0.3 is 20.9 Å². The first-order valence-corrected chi connectivity index (χ1v) is 3.35. The van der Waals surface area contributed by atoms with Crippen molar-refractivity contribution >= 4 is 12.2 Å². The number of amides is 2. The van der Waals surface area contributed by atoms with Gasteiger partial charge in [0.05, 0.1) is 0 Å². The van der Waals surface area contributed by atoms with Gasteiger partial charge in [-0.25, -0.2) is 9.59 Å². The van der Waals surface area contributed by atoms with Crippen LogP contribution in [0.3, 0.4) is 0 Å². The van der Waals surface area contributed by atoms with Crippen LogP contribution in [0.25, 0.3) is 0 Å². The highest BCUT2D eigenvalue weighted by Gasteiger charge is 2.19. The Bertz CT molecular complexity index is 164. The zero-order valence-corrected chi connectivity index (χ0v) is 6.94. The van der Waals surface area contributed by atoms with Crippen molar-refractivity contribution in [3.8, 4) is 0 Å². The highest BCUT2D eigenvalue weighted by Crippen LogP contribution is 2.07. The molecular formula is C6H12N2O4. The third-order valence-electron chi connectivity index (χ3n) is 1.01. The summed E-state index contributed by atoms with van der Waals surface area (Å²) in [5, 5.41) is 0. The summed E-state index contributed by atoms with van der Waals surface area (Å²) in [6, 6.07) is 0. The second kappa shape index (κ2) is 4.42. The van der Waals surface area contributed by atoms with Crippen molar-refractivity contribution in [2.45, 2.75) is 20.1 Å². The predicted octanol–water partition coefficient (Wildman–Crippen LogP) is 0.159. The van der Waals surface area contributed by atoms with Crippen LogP contribution in [-0.2, 0) is 9.47 Å². The fourth-order valence-corrected chi connectivity index (χ4v) is 0.525. The van der Waals surface area contributed by atoms with E-state index in [1.807, 2.05) is 0 Å². The predicted molar refractivity (Wildman–Crippen MR) is 40.0 cm³/mol. The summed E-state index contributed by atoms with van der Waals surface area (Å²) < 4.78 is 8.88. The molecule has 0 aliphatic heterocycles. The van der Waals surface area contributed by atoms with Gasteiger partial charge in [-0.05, 0) is 0 Å². The molecule has 0 bridgehead atoms. The van der Waals surface area contributed by atoms with Crippen LogP contribution in [0.4, 0.5) is 9.59 Å². The highest BCUT2D eigenvalue weighted by molar-refractivity contribution is 5.66. The zero-order valence-electron chi connectivity index (χ0n) is 6.94. The van der Waals surface area contributed by atoms with Gasteiger partial charge in [0.25, 0.3) is 6.29 Å². The van der Waals surface area contributed by atoms with E-state index in [9.17, 15) is 9.59 Å². The maximum absolute atomic E-state index is 10.3. The molecule has 0 rings (SSSR count). The summed E-state index contributed by atoms with van der Waals surface area (Å²) >= 11 is 0. The Hall–Kier alpha value is -1.46. The summed E-state index contributed by atoms with van der Waals surface area (Å²) in [6.45, 7) is 3.38. The van der Waals surface area contributed by atoms with Crippen molar-refractivity contribution in [1.29, 1.82) is 0 Å². The van der Waals surface area contributed by atoms with Gasteiger partial charge in [-0.3, -0.25) is 0 Å². The average molecular weight is 176 g/mol. The van der Waals surface area contributed by atoms with Crippen molar-refractivity contribution in [2.75, 3.05) is 0 Å². The number of carbonyl (C=O) groups is 2. The third-order valence-corrected chi connectivity index (χ3v) is 1.01. The van der Waals surface area contributed by atoms with Crippen LogP contribution in [0.5, 0.6) is 0 Å². The van der Waals surface area contributed by atoms with E-state index in [0.29, 0.717) is 0 Å². The normalized spacial score (nSPS) is 10.0. The fraction of sp³-hybridized carbons (Fsp3) is 0.667. The number of rotatable bonds is 3. The number of primary amides is 2. The molecule has 0 spiro atoms. The van der Waals surface area contributed by atoms with Crippen molar-refractivity contribution in [3.05, 3.63) is 0 Å². The molecule has 0 aliphatic rings. The average Bonchev–Trinajstić information content (AvgIpc) is 1.83. The molecule has 4 N–H and O–H groups in total. The molecule has 6 heteroatoms. The summed E-state index contributed by atoms with van der Waals surface area (Å²) in [4.78, 5) is 20.5. The SMILES string of the molecule is CC(C)C(OC(N)=O)OC(N)=O. The molecule has 0 atom stereocenters. The minimum atomic E-state index is -1.01. The number of hydrogen-bond donors (Lipinski definition) is 2. The standard InChI is InChI=1S/C6H12N2O4/c1-3(2)4(11-5(7)9)12-6(8)10/h3-4H,1-2H3,(H2,7,9)(H2,8,10). The van der Waals surface area contributed by atoms with Gasteiger partial charge in [0, 0.05) is 5.92 Å². The van der Waals surface area contributed by atoms with Crippen molar-refractivity contribution in [1.82, 2.24) is 0 Å². The minimum Gasteiger partial charge on any atom is -0.409 e. The first-order valence-electron chi connectivity index (χ1n) is 3.35. The summed E-state index contributed by atoms with van der Waals surface area (Å²) in [5.41, 5.74) is 9.43. The molecule has 0 saturated carbocycles. The van der Waals surface area contributed by atoms with Crippen molar-refractivity contribution in [3.63, 3.8) is 0 Å². The van der Waals surface area contributed by atoms with Gasteiger partial charge in [0.1, 0.15) is 0 Å². The Morgan fingerprint density at radius 2 is 1.42 bits per heavy atom. The first-order chi connectivity index (χ1) is 5.43. The molecule has 0 aromatic carbocycles. The van der Waals surface area contributed by atoms with E-state index < -0.39 is 18.5 Å². The molecule has 0 heterocycles. The molecule has 70 valence electrons. The molecule has 2 amide bonds. The molecule has 0 fully saturated rings. The van der Waals surface area contributed by atoms with Crippen molar-refractivity contribution < 1.29 is 19.1 Å². The number of ether oxygens (including phenoxy) is 2. The van der Waals surface area contributed by atoms with Gasteiger partial charge in [-0.2, -0.15) is 0 Å². The third kappa shape index (κ3) is 4.37. The monoisotopic (exact) mass is 176 g/mol. The molecule has 0 radical (unpaired) electrons. The van der Waals surface area contributed by atoms with Gasteiger partial charge >= 0.3 is 12.2 Å². The Labute approximate surface area is 69.8 Å². The van der Waals surface area contributed by atoms with Crippen LogP contribution in [-0.4, -0.2) is 18.5 Å². The van der Waals surface area contributed by atoms with Gasteiger partial charge in [-0.15, -0.1) is 0 Å². The lowest BCUT2D eigenvalue weighted by Crippen LogP contribution is -2.33. The zero-order chi connectivity index (χ0) is 9.72. The van der Waals surface area contributed by atoms with Crippen LogP contribution in [0.1, 0.15) is 13.8 Å². The summed E-state index contributed by atoms with van der Waals surface area (Å²) in [7, 11) is 0. The van der Waals surface area contributed by atoms with E-state index in [1.54, 1.807) is 13.8 Å².